The molecule has 0 aliphatic heterocycles. The topological polar surface area (TPSA) is 55.1 Å². The second kappa shape index (κ2) is 5.96. The number of carbonyl (C=O) groups excluding carboxylic acids is 1. The van der Waals surface area contributed by atoms with Gasteiger partial charge in [0.2, 0.25) is 5.91 Å². The van der Waals surface area contributed by atoms with E-state index in [-0.39, 0.29) is 17.2 Å². The summed E-state index contributed by atoms with van der Waals surface area (Å²) in [5.74, 6) is 0.500. The van der Waals surface area contributed by atoms with E-state index in [0.29, 0.717) is 12.5 Å². The Balaban J connectivity index is 1.84. The Morgan fingerprint density at radius 2 is 2.10 bits per heavy atom. The van der Waals surface area contributed by atoms with E-state index in [4.69, 9.17) is 5.73 Å². The van der Waals surface area contributed by atoms with Crippen LogP contribution in [0.1, 0.15) is 44.2 Å². The molecule has 0 spiro atoms. The van der Waals surface area contributed by atoms with E-state index in [9.17, 15) is 4.79 Å². The van der Waals surface area contributed by atoms with Gasteiger partial charge in [-0.25, -0.2) is 0 Å². The molecule has 1 aromatic rings. The smallest absolute Gasteiger partial charge is 0.224 e. The van der Waals surface area contributed by atoms with Gasteiger partial charge >= 0.3 is 0 Å². The Labute approximate surface area is 121 Å². The van der Waals surface area contributed by atoms with Crippen molar-refractivity contribution in [3.05, 3.63) is 35.4 Å². The van der Waals surface area contributed by atoms with Crippen LogP contribution < -0.4 is 11.1 Å². The molecule has 0 aromatic heterocycles. The second-order valence-electron chi connectivity index (χ2n) is 7.04. The lowest BCUT2D eigenvalue weighted by Gasteiger charge is -2.31. The summed E-state index contributed by atoms with van der Waals surface area (Å²) in [5, 5.41) is 3.08. The van der Waals surface area contributed by atoms with Crippen molar-refractivity contribution in [3.63, 3.8) is 0 Å². The molecule has 2 rings (SSSR count). The Hall–Kier alpha value is -1.35. The van der Waals surface area contributed by atoms with Crippen LogP contribution >= 0.6 is 0 Å². The fourth-order valence-corrected chi connectivity index (χ4v) is 2.94. The highest BCUT2D eigenvalue weighted by Gasteiger charge is 2.28. The van der Waals surface area contributed by atoms with Gasteiger partial charge in [0, 0.05) is 19.0 Å². The highest BCUT2D eigenvalue weighted by molar-refractivity contribution is 5.79. The molecule has 0 heterocycles. The van der Waals surface area contributed by atoms with Crippen molar-refractivity contribution in [2.75, 3.05) is 13.1 Å². The monoisotopic (exact) mass is 274 g/mol. The van der Waals surface area contributed by atoms with E-state index in [2.05, 4.69) is 50.4 Å². The summed E-state index contributed by atoms with van der Waals surface area (Å²) in [4.78, 5) is 12.2. The second-order valence-corrected chi connectivity index (χ2v) is 7.04. The van der Waals surface area contributed by atoms with E-state index < -0.39 is 0 Å². The highest BCUT2D eigenvalue weighted by Crippen LogP contribution is 2.34. The van der Waals surface area contributed by atoms with Crippen LogP contribution in [0.2, 0.25) is 0 Å². The lowest BCUT2D eigenvalue weighted by atomic mass is 9.77. The number of nitrogens with two attached hydrogens (primary N) is 1. The van der Waals surface area contributed by atoms with Gasteiger partial charge in [0.1, 0.15) is 0 Å². The Bertz CT molecular complexity index is 476. The Kier molecular flexibility index (Phi) is 4.48. The van der Waals surface area contributed by atoms with Crippen LogP contribution in [0.15, 0.2) is 24.3 Å². The first-order valence-corrected chi connectivity index (χ1v) is 7.46. The standard InChI is InChI=1S/C17H26N2O/c1-17(2,3)9-14(10-18)16(20)19-11-13-8-12-6-4-5-7-15(12)13/h4-7,13-14H,8-11,18H2,1-3H3,(H,19,20). The number of carbonyl (C=O) groups is 1. The summed E-state index contributed by atoms with van der Waals surface area (Å²) in [5.41, 5.74) is 8.67. The number of fused-ring (bicyclic) bond motifs is 1. The average molecular weight is 274 g/mol. The van der Waals surface area contributed by atoms with Gasteiger partial charge in [-0.15, -0.1) is 0 Å². The molecule has 0 radical (unpaired) electrons. The van der Waals surface area contributed by atoms with E-state index in [1.165, 1.54) is 11.1 Å². The minimum absolute atomic E-state index is 0.0784. The van der Waals surface area contributed by atoms with Gasteiger partial charge in [-0.3, -0.25) is 4.79 Å². The summed E-state index contributed by atoms with van der Waals surface area (Å²) < 4.78 is 0. The van der Waals surface area contributed by atoms with Crippen molar-refractivity contribution < 1.29 is 4.79 Å². The third kappa shape index (κ3) is 3.60. The Morgan fingerprint density at radius 3 is 2.70 bits per heavy atom. The predicted molar refractivity (Wildman–Crippen MR) is 82.5 cm³/mol. The van der Waals surface area contributed by atoms with Crippen molar-refractivity contribution in [1.29, 1.82) is 0 Å². The van der Waals surface area contributed by atoms with Crippen molar-refractivity contribution in [1.82, 2.24) is 5.32 Å². The SMILES string of the molecule is CC(C)(C)CC(CN)C(=O)NCC1Cc2ccccc21. The number of hydrogen-bond acceptors (Lipinski definition) is 2. The van der Waals surface area contributed by atoms with Crippen LogP contribution in [-0.2, 0) is 11.2 Å². The van der Waals surface area contributed by atoms with Gasteiger partial charge in [-0.2, -0.15) is 0 Å². The lowest BCUT2D eigenvalue weighted by molar-refractivity contribution is -0.125. The quantitative estimate of drug-likeness (QED) is 0.866. The summed E-state index contributed by atoms with van der Waals surface area (Å²) >= 11 is 0. The Morgan fingerprint density at radius 1 is 1.40 bits per heavy atom. The van der Waals surface area contributed by atoms with E-state index in [0.717, 1.165) is 19.4 Å². The van der Waals surface area contributed by atoms with E-state index >= 15 is 0 Å². The third-order valence-electron chi connectivity index (χ3n) is 4.00. The first kappa shape index (κ1) is 15.0. The molecule has 1 aliphatic carbocycles. The zero-order valence-corrected chi connectivity index (χ0v) is 12.8. The van der Waals surface area contributed by atoms with Gasteiger partial charge in [-0.1, -0.05) is 45.0 Å². The molecule has 2 atom stereocenters. The zero-order chi connectivity index (χ0) is 14.8. The molecule has 0 bridgehead atoms. The maximum Gasteiger partial charge on any atom is 0.224 e. The lowest BCUT2D eigenvalue weighted by Crippen LogP contribution is -2.40. The van der Waals surface area contributed by atoms with E-state index in [1.54, 1.807) is 0 Å². The number of hydrogen-bond donors (Lipinski definition) is 2. The van der Waals surface area contributed by atoms with Gasteiger partial charge < -0.3 is 11.1 Å². The zero-order valence-electron chi connectivity index (χ0n) is 12.8. The van der Waals surface area contributed by atoms with E-state index in [1.807, 2.05) is 0 Å². The third-order valence-corrected chi connectivity index (χ3v) is 4.00. The molecule has 0 saturated carbocycles. The maximum absolute atomic E-state index is 12.2. The largest absolute Gasteiger partial charge is 0.355 e. The number of rotatable bonds is 5. The first-order valence-electron chi connectivity index (χ1n) is 7.46. The van der Waals surface area contributed by atoms with Crippen molar-refractivity contribution in [2.24, 2.45) is 17.1 Å². The van der Waals surface area contributed by atoms with Crippen LogP contribution in [0.25, 0.3) is 0 Å². The molecule has 3 N–H and O–H groups in total. The van der Waals surface area contributed by atoms with Crippen LogP contribution in [-0.4, -0.2) is 19.0 Å². The number of amides is 1. The molecule has 1 aliphatic rings. The molecule has 20 heavy (non-hydrogen) atoms. The van der Waals surface area contributed by atoms with Gasteiger partial charge in [0.05, 0.1) is 5.92 Å². The van der Waals surface area contributed by atoms with Gasteiger partial charge in [0.25, 0.3) is 0 Å². The molecule has 0 saturated heterocycles. The molecule has 1 amide bonds. The van der Waals surface area contributed by atoms with Crippen LogP contribution in [0.4, 0.5) is 0 Å². The molecule has 3 nitrogen and oxygen atoms in total. The summed E-state index contributed by atoms with van der Waals surface area (Å²) in [6.07, 6.45) is 1.90. The predicted octanol–water partition coefficient (Wildman–Crippen LogP) is 2.45. The number of benzene rings is 1. The molecule has 0 fully saturated rings. The molecule has 2 unspecified atom stereocenters. The van der Waals surface area contributed by atoms with Gasteiger partial charge in [-0.05, 0) is 29.4 Å². The summed E-state index contributed by atoms with van der Waals surface area (Å²) in [6.45, 7) is 7.59. The average Bonchev–Trinajstić information content (AvgIpc) is 2.35. The fourth-order valence-electron chi connectivity index (χ4n) is 2.94. The molecule has 3 heteroatoms. The fraction of sp³-hybridized carbons (Fsp3) is 0.588. The normalized spacial score (nSPS) is 18.9. The van der Waals surface area contributed by atoms with Crippen molar-refractivity contribution in [3.8, 4) is 0 Å². The molecular formula is C17H26N2O. The maximum atomic E-state index is 12.2. The summed E-state index contributed by atoms with van der Waals surface area (Å²) in [7, 11) is 0. The highest BCUT2D eigenvalue weighted by atomic mass is 16.1. The minimum Gasteiger partial charge on any atom is -0.355 e. The van der Waals surface area contributed by atoms with Crippen molar-refractivity contribution >= 4 is 5.91 Å². The van der Waals surface area contributed by atoms with Crippen LogP contribution in [0.3, 0.4) is 0 Å². The van der Waals surface area contributed by atoms with Crippen LogP contribution in [0, 0.1) is 11.3 Å². The van der Waals surface area contributed by atoms with Crippen LogP contribution in [0.5, 0.6) is 0 Å². The minimum atomic E-state index is -0.0784. The molecule has 110 valence electrons. The number of nitrogens with one attached hydrogen (secondary N) is 1. The van der Waals surface area contributed by atoms with Gasteiger partial charge in [0.15, 0.2) is 0 Å². The first-order chi connectivity index (χ1) is 9.40. The molecular weight excluding hydrogens is 248 g/mol. The van der Waals surface area contributed by atoms with Crippen molar-refractivity contribution in [2.45, 2.75) is 39.5 Å². The molecule has 1 aromatic carbocycles. The summed E-state index contributed by atoms with van der Waals surface area (Å²) in [6, 6.07) is 8.46.